The van der Waals surface area contributed by atoms with Crippen LogP contribution in [0.4, 0.5) is 4.79 Å². The number of carbonyl (C=O) groups is 3. The molecule has 0 aliphatic carbocycles. The SMILES string of the molecule is CCCCC(C)N1C(=O)NC(=O)C(C)(C)C1=O. The normalized spacial score (nSPS) is 21.4. The summed E-state index contributed by atoms with van der Waals surface area (Å²) in [6, 6.07) is -0.766. The molecule has 1 atom stereocenters. The fraction of sp³-hybridized carbons (Fsp3) is 0.750. The molecule has 17 heavy (non-hydrogen) atoms. The molecule has 0 aromatic carbocycles. The van der Waals surface area contributed by atoms with Gasteiger partial charge in [-0.25, -0.2) is 4.79 Å². The number of amides is 4. The quantitative estimate of drug-likeness (QED) is 0.760. The van der Waals surface area contributed by atoms with Crippen molar-refractivity contribution in [2.75, 3.05) is 0 Å². The van der Waals surface area contributed by atoms with Crippen molar-refractivity contribution in [2.24, 2.45) is 5.41 Å². The third-order valence-corrected chi connectivity index (χ3v) is 3.18. The number of rotatable bonds is 4. The standard InChI is InChI=1S/C12H20N2O3/c1-5-6-7-8(2)14-10(16)12(3,4)9(15)13-11(14)17/h8H,5-7H2,1-4H3,(H,13,15,17). The summed E-state index contributed by atoms with van der Waals surface area (Å²) in [6.07, 6.45) is 2.73. The first-order valence-electron chi connectivity index (χ1n) is 6.01. The fourth-order valence-electron chi connectivity index (χ4n) is 1.83. The van der Waals surface area contributed by atoms with Crippen molar-refractivity contribution in [2.45, 2.75) is 53.0 Å². The van der Waals surface area contributed by atoms with Crippen LogP contribution in [0.25, 0.3) is 0 Å². The fourth-order valence-corrected chi connectivity index (χ4v) is 1.83. The number of nitrogens with one attached hydrogen (secondary N) is 1. The van der Waals surface area contributed by atoms with Crippen molar-refractivity contribution in [1.82, 2.24) is 10.2 Å². The van der Waals surface area contributed by atoms with E-state index >= 15 is 0 Å². The molecule has 0 spiro atoms. The molecule has 4 amide bonds. The van der Waals surface area contributed by atoms with Gasteiger partial charge < -0.3 is 0 Å². The molecule has 96 valence electrons. The molecule has 1 unspecified atom stereocenters. The van der Waals surface area contributed by atoms with Gasteiger partial charge in [0.15, 0.2) is 0 Å². The second-order valence-electron chi connectivity index (χ2n) is 5.05. The van der Waals surface area contributed by atoms with Crippen molar-refractivity contribution in [1.29, 1.82) is 0 Å². The maximum absolute atomic E-state index is 12.1. The molecule has 1 aliphatic heterocycles. The molecule has 0 aromatic rings. The minimum absolute atomic E-state index is 0.171. The minimum Gasteiger partial charge on any atom is -0.277 e. The second kappa shape index (κ2) is 4.85. The first kappa shape index (κ1) is 13.7. The smallest absolute Gasteiger partial charge is 0.277 e. The second-order valence-corrected chi connectivity index (χ2v) is 5.05. The Hall–Kier alpha value is -1.39. The molecular formula is C12H20N2O3. The highest BCUT2D eigenvalue weighted by atomic mass is 16.2. The van der Waals surface area contributed by atoms with E-state index in [1.807, 2.05) is 6.92 Å². The van der Waals surface area contributed by atoms with E-state index in [-0.39, 0.29) is 6.04 Å². The summed E-state index contributed by atoms with van der Waals surface area (Å²) in [4.78, 5) is 36.5. The van der Waals surface area contributed by atoms with Gasteiger partial charge in [0, 0.05) is 6.04 Å². The number of barbiturate groups is 1. The van der Waals surface area contributed by atoms with Gasteiger partial charge in [0.1, 0.15) is 5.41 Å². The molecule has 0 aromatic heterocycles. The zero-order chi connectivity index (χ0) is 13.2. The van der Waals surface area contributed by atoms with Gasteiger partial charge in [-0.05, 0) is 27.2 Å². The van der Waals surface area contributed by atoms with Crippen LogP contribution < -0.4 is 5.32 Å². The van der Waals surface area contributed by atoms with E-state index in [0.29, 0.717) is 0 Å². The van der Waals surface area contributed by atoms with Crippen LogP contribution in [0.5, 0.6) is 0 Å². The van der Waals surface area contributed by atoms with Crippen LogP contribution in [0.3, 0.4) is 0 Å². The summed E-state index contributed by atoms with van der Waals surface area (Å²) < 4.78 is 0. The molecular weight excluding hydrogens is 220 g/mol. The Kier molecular flexibility index (Phi) is 3.91. The lowest BCUT2D eigenvalue weighted by Gasteiger charge is -2.37. The first-order valence-corrected chi connectivity index (χ1v) is 6.01. The lowest BCUT2D eigenvalue weighted by molar-refractivity contribution is -0.150. The Morgan fingerprint density at radius 3 is 2.41 bits per heavy atom. The molecule has 1 saturated heterocycles. The number of unbranched alkanes of at least 4 members (excludes halogenated alkanes) is 1. The Morgan fingerprint density at radius 1 is 1.29 bits per heavy atom. The Balaban J connectivity index is 2.87. The van der Waals surface area contributed by atoms with Gasteiger partial charge in [-0.15, -0.1) is 0 Å². The molecule has 0 bridgehead atoms. The average molecular weight is 240 g/mol. The number of nitrogens with zero attached hydrogens (tertiary/aromatic N) is 1. The van der Waals surface area contributed by atoms with Gasteiger partial charge in [-0.3, -0.25) is 19.8 Å². The van der Waals surface area contributed by atoms with Crippen molar-refractivity contribution >= 4 is 17.8 Å². The van der Waals surface area contributed by atoms with Crippen LogP contribution in [-0.2, 0) is 9.59 Å². The molecule has 1 rings (SSSR count). The van der Waals surface area contributed by atoms with Crippen LogP contribution in [-0.4, -0.2) is 28.8 Å². The van der Waals surface area contributed by atoms with Gasteiger partial charge in [-0.1, -0.05) is 19.8 Å². The summed E-state index contributed by atoms with van der Waals surface area (Å²) in [5.41, 5.74) is -1.16. The average Bonchev–Trinajstić information content (AvgIpc) is 2.24. The van der Waals surface area contributed by atoms with Crippen LogP contribution in [0.1, 0.15) is 47.0 Å². The molecule has 5 nitrogen and oxygen atoms in total. The highest BCUT2D eigenvalue weighted by molar-refractivity contribution is 6.18. The maximum atomic E-state index is 12.1. The van der Waals surface area contributed by atoms with E-state index in [0.717, 1.165) is 19.3 Å². The maximum Gasteiger partial charge on any atom is 0.331 e. The van der Waals surface area contributed by atoms with Gasteiger partial charge in [0.25, 0.3) is 0 Å². The third kappa shape index (κ3) is 2.48. The van der Waals surface area contributed by atoms with E-state index < -0.39 is 23.3 Å². The van der Waals surface area contributed by atoms with Gasteiger partial charge in [-0.2, -0.15) is 0 Å². The minimum atomic E-state index is -1.16. The lowest BCUT2D eigenvalue weighted by Crippen LogP contribution is -2.63. The van der Waals surface area contributed by atoms with Crippen LogP contribution in [0, 0.1) is 5.41 Å². The largest absolute Gasteiger partial charge is 0.331 e. The predicted molar refractivity (Wildman–Crippen MR) is 63.2 cm³/mol. The van der Waals surface area contributed by atoms with Crippen molar-refractivity contribution < 1.29 is 14.4 Å². The lowest BCUT2D eigenvalue weighted by atomic mass is 9.88. The number of imide groups is 2. The number of carbonyl (C=O) groups excluding carboxylic acids is 3. The van der Waals surface area contributed by atoms with Crippen LogP contribution in [0.2, 0.25) is 0 Å². The van der Waals surface area contributed by atoms with Crippen molar-refractivity contribution in [3.05, 3.63) is 0 Å². The molecule has 0 saturated carbocycles. The topological polar surface area (TPSA) is 66.5 Å². The molecule has 1 N–H and O–H groups in total. The van der Waals surface area contributed by atoms with E-state index in [4.69, 9.17) is 0 Å². The summed E-state index contributed by atoms with van der Waals surface area (Å²) in [5.74, 6) is -0.929. The number of hydrogen-bond acceptors (Lipinski definition) is 3. The Labute approximate surface area is 102 Å². The predicted octanol–water partition coefficient (Wildman–Crippen LogP) is 1.67. The monoisotopic (exact) mass is 240 g/mol. The third-order valence-electron chi connectivity index (χ3n) is 3.18. The Morgan fingerprint density at radius 2 is 1.88 bits per heavy atom. The van der Waals surface area contributed by atoms with E-state index in [2.05, 4.69) is 12.2 Å². The van der Waals surface area contributed by atoms with Crippen molar-refractivity contribution in [3.8, 4) is 0 Å². The molecule has 1 aliphatic rings. The summed E-state index contributed by atoms with van der Waals surface area (Å²) in [5, 5.41) is 2.23. The number of hydrogen-bond donors (Lipinski definition) is 1. The summed E-state index contributed by atoms with van der Waals surface area (Å²) in [6.45, 7) is 6.96. The van der Waals surface area contributed by atoms with E-state index in [9.17, 15) is 14.4 Å². The molecule has 5 heteroatoms. The molecule has 1 heterocycles. The zero-order valence-electron chi connectivity index (χ0n) is 10.9. The van der Waals surface area contributed by atoms with Gasteiger partial charge in [0.2, 0.25) is 11.8 Å². The first-order chi connectivity index (χ1) is 7.82. The number of urea groups is 1. The van der Waals surface area contributed by atoms with Gasteiger partial charge in [0.05, 0.1) is 0 Å². The van der Waals surface area contributed by atoms with Crippen molar-refractivity contribution in [3.63, 3.8) is 0 Å². The van der Waals surface area contributed by atoms with E-state index in [1.54, 1.807) is 0 Å². The molecule has 1 fully saturated rings. The van der Waals surface area contributed by atoms with E-state index in [1.165, 1.54) is 18.7 Å². The van der Waals surface area contributed by atoms with Gasteiger partial charge >= 0.3 is 6.03 Å². The summed E-state index contributed by atoms with van der Waals surface area (Å²) >= 11 is 0. The highest BCUT2D eigenvalue weighted by Gasteiger charge is 2.48. The summed E-state index contributed by atoms with van der Waals surface area (Å²) in [7, 11) is 0. The Bertz CT molecular complexity index is 350. The van der Waals surface area contributed by atoms with Crippen LogP contribution in [0.15, 0.2) is 0 Å². The zero-order valence-corrected chi connectivity index (χ0v) is 10.9. The highest BCUT2D eigenvalue weighted by Crippen LogP contribution is 2.26. The molecule has 0 radical (unpaired) electrons. The van der Waals surface area contributed by atoms with Crippen LogP contribution >= 0.6 is 0 Å².